The molecule has 0 unspecified atom stereocenters. The maximum Gasteiger partial charge on any atom is 0.282 e. The van der Waals surface area contributed by atoms with Crippen LogP contribution in [0.5, 0.6) is 5.75 Å². The Balaban J connectivity index is 1.66. The normalized spacial score (nSPS) is 22.2. The highest BCUT2D eigenvalue weighted by atomic mass is 35.5. The highest BCUT2D eigenvalue weighted by molar-refractivity contribution is 6.41. The second-order valence-corrected chi connectivity index (χ2v) is 8.94. The molecule has 8 heteroatoms. The maximum absolute atomic E-state index is 13.2. The summed E-state index contributed by atoms with van der Waals surface area (Å²) in [6.07, 6.45) is 4.53. The lowest BCUT2D eigenvalue weighted by Gasteiger charge is -2.27. The maximum atomic E-state index is 13.2. The smallest absolute Gasteiger partial charge is 0.282 e. The van der Waals surface area contributed by atoms with Crippen LogP contribution in [0.2, 0.25) is 10.0 Å². The molecule has 1 saturated heterocycles. The number of hydrazine groups is 1. The number of hydrogen-bond acceptors (Lipinski definition) is 5. The molecule has 2 aliphatic heterocycles. The number of phenolic OH excluding ortho intramolecular Hbond substituents is 1. The van der Waals surface area contributed by atoms with Crippen molar-refractivity contribution in [3.05, 3.63) is 58.1 Å². The Morgan fingerprint density at radius 3 is 2.39 bits per heavy atom. The molecular formula is C23H26Cl2N4O2. The molecule has 4 rings (SSSR count). The van der Waals surface area contributed by atoms with Gasteiger partial charge in [0.2, 0.25) is 0 Å². The summed E-state index contributed by atoms with van der Waals surface area (Å²) in [4.78, 5) is 13.2. The summed E-state index contributed by atoms with van der Waals surface area (Å²) in [5, 5.41) is 19.2. The standard InChI is InChI=1S/C23H26Cl2N4O2/c1-15-21(23(31)27-28-12-4-2-3-5-13-28)26-29(20-11-8-17(24)14-19(20)25)22(15)16-6-9-18(30)10-7-16/h6-11,14-15,22,30H,2-5,12-13H2,1H3,(H,27,31)/t15-,22-/m0/s1. The van der Waals surface area contributed by atoms with Gasteiger partial charge in [0.1, 0.15) is 11.5 Å². The van der Waals surface area contributed by atoms with E-state index in [9.17, 15) is 9.90 Å². The first-order chi connectivity index (χ1) is 14.9. The van der Waals surface area contributed by atoms with Gasteiger partial charge in [0.05, 0.1) is 16.8 Å². The Labute approximate surface area is 192 Å². The topological polar surface area (TPSA) is 68.2 Å². The zero-order chi connectivity index (χ0) is 22.0. The summed E-state index contributed by atoms with van der Waals surface area (Å²) in [7, 11) is 0. The molecular weight excluding hydrogens is 435 g/mol. The van der Waals surface area contributed by atoms with Gasteiger partial charge >= 0.3 is 0 Å². The Morgan fingerprint density at radius 2 is 1.74 bits per heavy atom. The molecule has 2 aliphatic rings. The predicted octanol–water partition coefficient (Wildman–Crippen LogP) is 5.16. The van der Waals surface area contributed by atoms with Crippen molar-refractivity contribution in [2.24, 2.45) is 11.0 Å². The van der Waals surface area contributed by atoms with Crippen molar-refractivity contribution in [1.82, 2.24) is 10.4 Å². The minimum Gasteiger partial charge on any atom is -0.508 e. The van der Waals surface area contributed by atoms with Crippen molar-refractivity contribution in [3.63, 3.8) is 0 Å². The summed E-state index contributed by atoms with van der Waals surface area (Å²) in [6.45, 7) is 3.69. The first kappa shape index (κ1) is 21.9. The van der Waals surface area contributed by atoms with Crippen LogP contribution in [0.25, 0.3) is 0 Å². The van der Waals surface area contributed by atoms with Crippen LogP contribution in [0.3, 0.4) is 0 Å². The monoisotopic (exact) mass is 460 g/mol. The number of aromatic hydroxyl groups is 1. The number of nitrogens with one attached hydrogen (secondary N) is 1. The molecule has 2 atom stereocenters. The van der Waals surface area contributed by atoms with Gasteiger partial charge < -0.3 is 5.11 Å². The Kier molecular flexibility index (Phi) is 6.70. The van der Waals surface area contributed by atoms with Gasteiger partial charge in [-0.1, -0.05) is 55.1 Å². The van der Waals surface area contributed by atoms with E-state index in [-0.39, 0.29) is 23.6 Å². The van der Waals surface area contributed by atoms with Crippen molar-refractivity contribution in [1.29, 1.82) is 0 Å². The summed E-state index contributed by atoms with van der Waals surface area (Å²) in [5.74, 6) is -0.195. The van der Waals surface area contributed by atoms with Crippen molar-refractivity contribution in [2.75, 3.05) is 18.1 Å². The first-order valence-corrected chi connectivity index (χ1v) is 11.4. The zero-order valence-electron chi connectivity index (χ0n) is 17.4. The molecule has 1 fully saturated rings. The molecule has 31 heavy (non-hydrogen) atoms. The molecule has 0 aliphatic carbocycles. The summed E-state index contributed by atoms with van der Waals surface area (Å²) >= 11 is 12.6. The van der Waals surface area contributed by atoms with Crippen LogP contribution in [0.1, 0.15) is 44.2 Å². The number of carbonyl (C=O) groups excluding carboxylic acids is 1. The Hall–Kier alpha value is -2.28. The fourth-order valence-corrected chi connectivity index (χ4v) is 4.73. The third-order valence-electron chi connectivity index (χ3n) is 5.87. The highest BCUT2D eigenvalue weighted by Crippen LogP contribution is 2.42. The molecule has 6 nitrogen and oxygen atoms in total. The fourth-order valence-electron chi connectivity index (χ4n) is 4.24. The molecule has 2 aromatic carbocycles. The van der Waals surface area contributed by atoms with Gasteiger partial charge in [-0.25, -0.2) is 5.01 Å². The molecule has 2 aromatic rings. The average molecular weight is 461 g/mol. The summed E-state index contributed by atoms with van der Waals surface area (Å²) in [6, 6.07) is 12.0. The summed E-state index contributed by atoms with van der Waals surface area (Å²) in [5.41, 5.74) is 5.11. The molecule has 2 heterocycles. The van der Waals surface area contributed by atoms with Crippen LogP contribution >= 0.6 is 23.2 Å². The van der Waals surface area contributed by atoms with Crippen LogP contribution in [-0.4, -0.2) is 34.8 Å². The number of benzene rings is 2. The summed E-state index contributed by atoms with van der Waals surface area (Å²) < 4.78 is 0. The molecule has 0 aromatic heterocycles. The van der Waals surface area contributed by atoms with Crippen LogP contribution in [-0.2, 0) is 4.79 Å². The van der Waals surface area contributed by atoms with Crippen LogP contribution < -0.4 is 10.4 Å². The van der Waals surface area contributed by atoms with Gasteiger partial charge in [-0.05, 0) is 48.7 Å². The number of halogens is 2. The molecule has 0 bridgehead atoms. The number of amides is 1. The second-order valence-electron chi connectivity index (χ2n) is 8.09. The van der Waals surface area contributed by atoms with E-state index < -0.39 is 0 Å². The van der Waals surface area contributed by atoms with E-state index in [4.69, 9.17) is 28.3 Å². The van der Waals surface area contributed by atoms with Gasteiger partial charge in [0.25, 0.3) is 5.91 Å². The largest absolute Gasteiger partial charge is 0.508 e. The van der Waals surface area contributed by atoms with E-state index in [1.807, 2.05) is 30.1 Å². The van der Waals surface area contributed by atoms with Crippen LogP contribution in [0.15, 0.2) is 47.6 Å². The second kappa shape index (κ2) is 9.47. The van der Waals surface area contributed by atoms with E-state index >= 15 is 0 Å². The number of phenols is 1. The van der Waals surface area contributed by atoms with E-state index in [1.54, 1.807) is 29.3 Å². The number of carbonyl (C=O) groups is 1. The third-order valence-corrected chi connectivity index (χ3v) is 6.41. The SMILES string of the molecule is C[C@H]1C(C(=O)NN2CCCCCC2)=NN(c2ccc(Cl)cc2Cl)[C@@H]1c1ccc(O)cc1. The van der Waals surface area contributed by atoms with Gasteiger partial charge in [0, 0.05) is 24.0 Å². The van der Waals surface area contributed by atoms with Crippen LogP contribution in [0.4, 0.5) is 5.69 Å². The van der Waals surface area contributed by atoms with Crippen LogP contribution in [0, 0.1) is 5.92 Å². The fraction of sp³-hybridized carbons (Fsp3) is 0.391. The van der Waals surface area contributed by atoms with E-state index in [0.717, 1.165) is 31.5 Å². The van der Waals surface area contributed by atoms with E-state index in [1.165, 1.54) is 12.8 Å². The van der Waals surface area contributed by atoms with Gasteiger partial charge in [-0.3, -0.25) is 15.2 Å². The number of nitrogens with zero attached hydrogens (tertiary/aromatic N) is 3. The lowest BCUT2D eigenvalue weighted by Crippen LogP contribution is -2.46. The molecule has 0 radical (unpaired) electrons. The quantitative estimate of drug-likeness (QED) is 0.660. The zero-order valence-corrected chi connectivity index (χ0v) is 18.9. The Morgan fingerprint density at radius 1 is 1.06 bits per heavy atom. The van der Waals surface area contributed by atoms with Gasteiger partial charge in [0.15, 0.2) is 0 Å². The average Bonchev–Trinajstić information content (AvgIpc) is 2.89. The lowest BCUT2D eigenvalue weighted by molar-refractivity contribution is -0.119. The highest BCUT2D eigenvalue weighted by Gasteiger charge is 2.40. The molecule has 0 spiro atoms. The third kappa shape index (κ3) is 4.81. The van der Waals surface area contributed by atoms with Crippen molar-refractivity contribution in [3.8, 4) is 5.75 Å². The molecule has 0 saturated carbocycles. The molecule has 1 amide bonds. The minimum atomic E-state index is -0.246. The van der Waals surface area contributed by atoms with Gasteiger partial charge in [-0.2, -0.15) is 5.10 Å². The number of hydrazone groups is 1. The van der Waals surface area contributed by atoms with Crippen molar-refractivity contribution in [2.45, 2.75) is 38.6 Å². The lowest BCUT2D eigenvalue weighted by atomic mass is 9.91. The number of hydrogen-bond donors (Lipinski definition) is 2. The van der Waals surface area contributed by atoms with Crippen molar-refractivity contribution < 1.29 is 9.90 Å². The Bertz CT molecular complexity index is 972. The van der Waals surface area contributed by atoms with E-state index in [2.05, 4.69) is 5.43 Å². The molecule has 2 N–H and O–H groups in total. The van der Waals surface area contributed by atoms with Gasteiger partial charge in [-0.15, -0.1) is 0 Å². The number of rotatable bonds is 4. The molecule has 164 valence electrons. The minimum absolute atomic E-state index is 0.186. The van der Waals surface area contributed by atoms with Crippen molar-refractivity contribution >= 4 is 40.5 Å². The predicted molar refractivity (Wildman–Crippen MR) is 125 cm³/mol. The first-order valence-electron chi connectivity index (χ1n) is 10.6. The number of anilines is 1. The van der Waals surface area contributed by atoms with E-state index in [0.29, 0.717) is 21.4 Å².